The molecule has 124 valence electrons. The molecule has 1 aliphatic heterocycles. The van der Waals surface area contributed by atoms with E-state index < -0.39 is 0 Å². The molecule has 7 heteroatoms. The van der Waals surface area contributed by atoms with Gasteiger partial charge in [0, 0.05) is 23.0 Å². The molecule has 1 aliphatic carbocycles. The number of anilines is 2. The van der Waals surface area contributed by atoms with E-state index in [1.165, 1.54) is 11.3 Å². The van der Waals surface area contributed by atoms with Crippen molar-refractivity contribution in [2.24, 2.45) is 5.92 Å². The molecule has 2 aliphatic rings. The van der Waals surface area contributed by atoms with E-state index in [0.29, 0.717) is 23.1 Å². The van der Waals surface area contributed by atoms with Crippen LogP contribution in [-0.2, 0) is 11.2 Å². The molecule has 2 amide bonds. The zero-order chi connectivity index (χ0) is 16.7. The van der Waals surface area contributed by atoms with Gasteiger partial charge in [-0.25, -0.2) is 4.98 Å². The summed E-state index contributed by atoms with van der Waals surface area (Å²) in [6.07, 6.45) is 5.38. The number of nitrogens with zero attached hydrogens (tertiary/aromatic N) is 3. The number of rotatable bonds is 3. The number of hydrogen-bond donors (Lipinski definition) is 1. The zero-order valence-corrected chi connectivity index (χ0v) is 14.2. The van der Waals surface area contributed by atoms with Gasteiger partial charge in [-0.05, 0) is 44.7 Å². The summed E-state index contributed by atoms with van der Waals surface area (Å²) in [7, 11) is 0. The molecule has 0 atom stereocenters. The highest BCUT2D eigenvalue weighted by atomic mass is 32.1. The van der Waals surface area contributed by atoms with Crippen molar-refractivity contribution in [2.75, 3.05) is 16.8 Å². The second-order valence-electron chi connectivity index (χ2n) is 6.28. The van der Waals surface area contributed by atoms with E-state index in [1.807, 2.05) is 19.1 Å². The second kappa shape index (κ2) is 5.98. The minimum absolute atomic E-state index is 0.161. The molecule has 0 radical (unpaired) electrons. The Balaban J connectivity index is 1.55. The predicted molar refractivity (Wildman–Crippen MR) is 92.4 cm³/mol. The molecule has 2 aromatic heterocycles. The van der Waals surface area contributed by atoms with Gasteiger partial charge in [-0.3, -0.25) is 19.5 Å². The first-order chi connectivity index (χ1) is 11.6. The van der Waals surface area contributed by atoms with Crippen LogP contribution >= 0.6 is 11.3 Å². The number of aryl methyl sites for hydroxylation is 2. The standard InChI is InChI=1S/C17H18N4O2S/c1-10-4-7-12(9-18-10)19-15(22)16-20-14-13(24-16)3-2-8-21(14)17(23)11-5-6-11/h4,7,9,11H,2-3,5-6,8H2,1H3,(H,19,22). The summed E-state index contributed by atoms with van der Waals surface area (Å²) >= 11 is 1.38. The Morgan fingerprint density at radius 2 is 2.17 bits per heavy atom. The highest BCUT2D eigenvalue weighted by molar-refractivity contribution is 7.14. The molecule has 1 fully saturated rings. The Hall–Kier alpha value is -2.28. The Morgan fingerprint density at radius 1 is 1.33 bits per heavy atom. The third-order valence-corrected chi connectivity index (χ3v) is 5.38. The Labute approximate surface area is 143 Å². The number of aromatic nitrogens is 2. The lowest BCUT2D eigenvalue weighted by atomic mass is 10.1. The molecule has 6 nitrogen and oxygen atoms in total. The van der Waals surface area contributed by atoms with Crippen molar-refractivity contribution < 1.29 is 9.59 Å². The Morgan fingerprint density at radius 3 is 2.88 bits per heavy atom. The van der Waals surface area contributed by atoms with Gasteiger partial charge in [0.1, 0.15) is 5.82 Å². The molecule has 0 saturated heterocycles. The van der Waals surface area contributed by atoms with E-state index in [1.54, 1.807) is 11.1 Å². The van der Waals surface area contributed by atoms with Crippen LogP contribution in [0.5, 0.6) is 0 Å². The minimum Gasteiger partial charge on any atom is -0.319 e. The SMILES string of the molecule is Cc1ccc(NC(=O)c2nc3c(s2)CCCN3C(=O)C2CC2)cn1. The molecule has 0 aromatic carbocycles. The van der Waals surface area contributed by atoms with Gasteiger partial charge < -0.3 is 5.32 Å². The molecule has 0 bridgehead atoms. The first kappa shape index (κ1) is 15.3. The fraction of sp³-hybridized carbons (Fsp3) is 0.412. The monoisotopic (exact) mass is 342 g/mol. The molecule has 1 saturated carbocycles. The molecule has 0 unspecified atom stereocenters. The van der Waals surface area contributed by atoms with Gasteiger partial charge in [0.25, 0.3) is 5.91 Å². The zero-order valence-electron chi connectivity index (χ0n) is 13.4. The van der Waals surface area contributed by atoms with Gasteiger partial charge in [-0.1, -0.05) is 0 Å². The number of thiazole rings is 1. The highest BCUT2D eigenvalue weighted by Crippen LogP contribution is 2.37. The summed E-state index contributed by atoms with van der Waals surface area (Å²) < 4.78 is 0. The third-order valence-electron chi connectivity index (χ3n) is 4.27. The van der Waals surface area contributed by atoms with Crippen LogP contribution in [0, 0.1) is 12.8 Å². The highest BCUT2D eigenvalue weighted by Gasteiger charge is 2.37. The van der Waals surface area contributed by atoms with Gasteiger partial charge in [0.2, 0.25) is 5.91 Å². The van der Waals surface area contributed by atoms with Crippen LogP contribution in [0.2, 0.25) is 0 Å². The van der Waals surface area contributed by atoms with E-state index in [9.17, 15) is 9.59 Å². The van der Waals surface area contributed by atoms with Crippen molar-refractivity contribution >= 4 is 34.7 Å². The van der Waals surface area contributed by atoms with E-state index in [4.69, 9.17) is 0 Å². The van der Waals surface area contributed by atoms with Crippen molar-refractivity contribution in [3.05, 3.63) is 33.9 Å². The van der Waals surface area contributed by atoms with Crippen molar-refractivity contribution in [3.8, 4) is 0 Å². The van der Waals surface area contributed by atoms with Crippen molar-refractivity contribution in [1.29, 1.82) is 0 Å². The predicted octanol–water partition coefficient (Wildman–Crippen LogP) is 2.79. The Bertz CT molecular complexity index is 795. The second-order valence-corrected chi connectivity index (χ2v) is 7.36. The number of amides is 2. The summed E-state index contributed by atoms with van der Waals surface area (Å²) in [5.41, 5.74) is 1.54. The summed E-state index contributed by atoms with van der Waals surface area (Å²) in [6.45, 7) is 2.60. The lowest BCUT2D eigenvalue weighted by molar-refractivity contribution is -0.119. The van der Waals surface area contributed by atoms with Crippen LogP contribution in [0.1, 0.15) is 39.6 Å². The normalized spacial score (nSPS) is 16.6. The fourth-order valence-corrected chi connectivity index (χ4v) is 3.81. The van der Waals surface area contributed by atoms with Crippen molar-refractivity contribution in [2.45, 2.75) is 32.6 Å². The van der Waals surface area contributed by atoms with Crippen LogP contribution in [0.25, 0.3) is 0 Å². The number of nitrogens with one attached hydrogen (secondary N) is 1. The van der Waals surface area contributed by atoms with Crippen LogP contribution in [0.3, 0.4) is 0 Å². The number of carbonyl (C=O) groups excluding carboxylic acids is 2. The maximum Gasteiger partial charge on any atom is 0.284 e. The summed E-state index contributed by atoms with van der Waals surface area (Å²) in [5.74, 6) is 0.763. The molecular formula is C17H18N4O2S. The third kappa shape index (κ3) is 2.91. The van der Waals surface area contributed by atoms with E-state index in [0.717, 1.165) is 36.3 Å². The number of fused-ring (bicyclic) bond motifs is 1. The molecule has 3 heterocycles. The van der Waals surface area contributed by atoms with Crippen LogP contribution in [0.4, 0.5) is 11.5 Å². The first-order valence-electron chi connectivity index (χ1n) is 8.17. The van der Waals surface area contributed by atoms with Gasteiger partial charge in [0.15, 0.2) is 5.01 Å². The smallest absolute Gasteiger partial charge is 0.284 e. The number of hydrogen-bond acceptors (Lipinski definition) is 5. The van der Waals surface area contributed by atoms with Crippen molar-refractivity contribution in [3.63, 3.8) is 0 Å². The van der Waals surface area contributed by atoms with Crippen LogP contribution in [-0.4, -0.2) is 28.3 Å². The van der Waals surface area contributed by atoms with Crippen molar-refractivity contribution in [1.82, 2.24) is 9.97 Å². The average Bonchev–Trinajstić information content (AvgIpc) is 3.34. The summed E-state index contributed by atoms with van der Waals surface area (Å²) in [6, 6.07) is 3.66. The lowest BCUT2D eigenvalue weighted by Crippen LogP contribution is -2.36. The summed E-state index contributed by atoms with van der Waals surface area (Å²) in [5, 5.41) is 3.22. The van der Waals surface area contributed by atoms with E-state index in [-0.39, 0.29) is 17.7 Å². The molecule has 24 heavy (non-hydrogen) atoms. The molecule has 4 rings (SSSR count). The Kier molecular flexibility index (Phi) is 3.80. The largest absolute Gasteiger partial charge is 0.319 e. The maximum absolute atomic E-state index is 12.4. The van der Waals surface area contributed by atoms with Gasteiger partial charge in [0.05, 0.1) is 11.9 Å². The molecule has 2 aromatic rings. The summed E-state index contributed by atoms with van der Waals surface area (Å²) in [4.78, 5) is 36.3. The van der Waals surface area contributed by atoms with Crippen LogP contribution < -0.4 is 10.2 Å². The van der Waals surface area contributed by atoms with Gasteiger partial charge in [-0.2, -0.15) is 0 Å². The maximum atomic E-state index is 12.4. The first-order valence-corrected chi connectivity index (χ1v) is 8.98. The van der Waals surface area contributed by atoms with Crippen LogP contribution in [0.15, 0.2) is 18.3 Å². The minimum atomic E-state index is -0.251. The van der Waals surface area contributed by atoms with Gasteiger partial charge in [-0.15, -0.1) is 11.3 Å². The van der Waals surface area contributed by atoms with Gasteiger partial charge >= 0.3 is 0 Å². The fourth-order valence-electron chi connectivity index (χ4n) is 2.81. The number of pyridine rings is 1. The average molecular weight is 342 g/mol. The number of carbonyl (C=O) groups is 2. The molecule has 1 N–H and O–H groups in total. The topological polar surface area (TPSA) is 75.2 Å². The molecule has 0 spiro atoms. The van der Waals surface area contributed by atoms with E-state index in [2.05, 4.69) is 15.3 Å². The van der Waals surface area contributed by atoms with E-state index >= 15 is 0 Å². The quantitative estimate of drug-likeness (QED) is 0.931. The molecular weight excluding hydrogens is 324 g/mol. The lowest BCUT2D eigenvalue weighted by Gasteiger charge is -2.25.